The lowest BCUT2D eigenvalue weighted by Crippen LogP contribution is -2.33. The zero-order valence-electron chi connectivity index (χ0n) is 10.2. The molecule has 0 heterocycles. The molecule has 2 atom stereocenters. The molecule has 1 heteroatoms. The van der Waals surface area contributed by atoms with Gasteiger partial charge in [0, 0.05) is 6.04 Å². The van der Waals surface area contributed by atoms with Gasteiger partial charge in [0.25, 0.3) is 0 Å². The van der Waals surface area contributed by atoms with Crippen molar-refractivity contribution in [2.24, 2.45) is 0 Å². The summed E-state index contributed by atoms with van der Waals surface area (Å²) in [7, 11) is 0. The molecule has 0 saturated carbocycles. The molecule has 1 nitrogen and oxygen atoms in total. The maximum Gasteiger partial charge on any atom is 0.0130 e. The fourth-order valence-electron chi connectivity index (χ4n) is 1.99. The van der Waals surface area contributed by atoms with Gasteiger partial charge in [-0.25, -0.2) is 0 Å². The van der Waals surface area contributed by atoms with E-state index in [-0.39, 0.29) is 0 Å². The highest BCUT2D eigenvalue weighted by Gasteiger charge is 2.15. The summed E-state index contributed by atoms with van der Waals surface area (Å²) in [6.07, 6.45) is 2.40. The van der Waals surface area contributed by atoms with Crippen molar-refractivity contribution in [2.75, 3.05) is 6.54 Å². The van der Waals surface area contributed by atoms with Gasteiger partial charge in [0.2, 0.25) is 0 Å². The standard InChI is InChI=1S/C14H23N/c1-4-11-15-14(5-2)12(3)13-9-7-6-8-10-13/h6-10,12,14-15H,4-5,11H2,1-3H3. The van der Waals surface area contributed by atoms with Crippen LogP contribution in [-0.4, -0.2) is 12.6 Å². The van der Waals surface area contributed by atoms with Crippen molar-refractivity contribution in [3.05, 3.63) is 35.9 Å². The predicted molar refractivity (Wildman–Crippen MR) is 67.2 cm³/mol. The Hall–Kier alpha value is -0.820. The summed E-state index contributed by atoms with van der Waals surface area (Å²) < 4.78 is 0. The topological polar surface area (TPSA) is 12.0 Å². The smallest absolute Gasteiger partial charge is 0.0130 e. The van der Waals surface area contributed by atoms with Crippen LogP contribution in [-0.2, 0) is 0 Å². The molecule has 0 saturated heterocycles. The monoisotopic (exact) mass is 205 g/mol. The van der Waals surface area contributed by atoms with E-state index in [1.807, 2.05) is 0 Å². The van der Waals surface area contributed by atoms with Crippen LogP contribution < -0.4 is 5.32 Å². The number of benzene rings is 1. The first-order chi connectivity index (χ1) is 7.29. The highest BCUT2D eigenvalue weighted by molar-refractivity contribution is 5.20. The lowest BCUT2D eigenvalue weighted by Gasteiger charge is -2.24. The second-order valence-corrected chi connectivity index (χ2v) is 4.17. The van der Waals surface area contributed by atoms with E-state index in [0.717, 1.165) is 6.54 Å². The third kappa shape index (κ3) is 3.67. The second-order valence-electron chi connectivity index (χ2n) is 4.17. The van der Waals surface area contributed by atoms with Crippen LogP contribution in [0, 0.1) is 0 Å². The summed E-state index contributed by atoms with van der Waals surface area (Å²) in [4.78, 5) is 0. The second kappa shape index (κ2) is 6.62. The lowest BCUT2D eigenvalue weighted by molar-refractivity contribution is 0.438. The third-order valence-corrected chi connectivity index (χ3v) is 3.03. The highest BCUT2D eigenvalue weighted by atomic mass is 14.9. The Kier molecular flexibility index (Phi) is 5.41. The summed E-state index contributed by atoms with van der Waals surface area (Å²) in [5, 5.41) is 3.62. The van der Waals surface area contributed by atoms with Crippen molar-refractivity contribution in [2.45, 2.75) is 45.6 Å². The van der Waals surface area contributed by atoms with Crippen molar-refractivity contribution in [1.29, 1.82) is 0 Å². The zero-order chi connectivity index (χ0) is 11.1. The van der Waals surface area contributed by atoms with Crippen LogP contribution in [0.5, 0.6) is 0 Å². The minimum absolute atomic E-state index is 0.600. The molecular formula is C14H23N. The molecular weight excluding hydrogens is 182 g/mol. The average Bonchev–Trinajstić information content (AvgIpc) is 2.31. The number of hydrogen-bond donors (Lipinski definition) is 1. The van der Waals surface area contributed by atoms with E-state index in [4.69, 9.17) is 0 Å². The SMILES string of the molecule is CCCNC(CC)C(C)c1ccccc1. The molecule has 84 valence electrons. The van der Waals surface area contributed by atoms with E-state index in [1.165, 1.54) is 18.4 Å². The normalized spacial score (nSPS) is 14.9. The van der Waals surface area contributed by atoms with Crippen LogP contribution in [0.3, 0.4) is 0 Å². The molecule has 0 aliphatic carbocycles. The largest absolute Gasteiger partial charge is 0.313 e. The Morgan fingerprint density at radius 1 is 1.13 bits per heavy atom. The van der Waals surface area contributed by atoms with Crippen LogP contribution in [0.4, 0.5) is 0 Å². The van der Waals surface area contributed by atoms with Gasteiger partial charge in [0.05, 0.1) is 0 Å². The maximum atomic E-state index is 3.62. The molecule has 0 fully saturated rings. The van der Waals surface area contributed by atoms with Crippen LogP contribution >= 0.6 is 0 Å². The Bertz CT molecular complexity index is 255. The van der Waals surface area contributed by atoms with Gasteiger partial charge in [0.1, 0.15) is 0 Å². The van der Waals surface area contributed by atoms with Gasteiger partial charge in [0.15, 0.2) is 0 Å². The number of hydrogen-bond acceptors (Lipinski definition) is 1. The first kappa shape index (κ1) is 12.3. The minimum Gasteiger partial charge on any atom is -0.313 e. The molecule has 0 aliphatic rings. The van der Waals surface area contributed by atoms with Gasteiger partial charge >= 0.3 is 0 Å². The molecule has 0 radical (unpaired) electrons. The van der Waals surface area contributed by atoms with Crippen LogP contribution in [0.15, 0.2) is 30.3 Å². The highest BCUT2D eigenvalue weighted by Crippen LogP contribution is 2.20. The molecule has 0 spiro atoms. The van der Waals surface area contributed by atoms with Crippen LogP contribution in [0.2, 0.25) is 0 Å². The lowest BCUT2D eigenvalue weighted by atomic mass is 9.91. The molecule has 15 heavy (non-hydrogen) atoms. The van der Waals surface area contributed by atoms with Crippen LogP contribution in [0.1, 0.15) is 45.1 Å². The van der Waals surface area contributed by atoms with E-state index >= 15 is 0 Å². The van der Waals surface area contributed by atoms with Crippen LogP contribution in [0.25, 0.3) is 0 Å². The molecule has 1 aromatic carbocycles. The number of nitrogens with one attached hydrogen (secondary N) is 1. The summed E-state index contributed by atoms with van der Waals surface area (Å²) in [6.45, 7) is 7.90. The first-order valence-corrected chi connectivity index (χ1v) is 6.07. The van der Waals surface area contributed by atoms with Gasteiger partial charge in [-0.15, -0.1) is 0 Å². The van der Waals surface area contributed by atoms with Crippen molar-refractivity contribution in [3.8, 4) is 0 Å². The van der Waals surface area contributed by atoms with E-state index in [1.54, 1.807) is 0 Å². The van der Waals surface area contributed by atoms with Crippen molar-refractivity contribution in [1.82, 2.24) is 5.32 Å². The van der Waals surface area contributed by atoms with E-state index in [2.05, 4.69) is 56.4 Å². The Balaban J connectivity index is 2.60. The average molecular weight is 205 g/mol. The summed E-state index contributed by atoms with van der Waals surface area (Å²) in [6, 6.07) is 11.4. The maximum absolute atomic E-state index is 3.62. The molecule has 0 aromatic heterocycles. The van der Waals surface area contributed by atoms with Gasteiger partial charge in [-0.05, 0) is 30.9 Å². The Morgan fingerprint density at radius 3 is 2.33 bits per heavy atom. The Labute approximate surface area is 93.9 Å². The summed E-state index contributed by atoms with van der Waals surface area (Å²) in [5.41, 5.74) is 1.44. The molecule has 2 unspecified atom stereocenters. The first-order valence-electron chi connectivity index (χ1n) is 6.07. The third-order valence-electron chi connectivity index (χ3n) is 3.03. The minimum atomic E-state index is 0.600. The molecule has 1 rings (SSSR count). The Morgan fingerprint density at radius 2 is 1.80 bits per heavy atom. The fraction of sp³-hybridized carbons (Fsp3) is 0.571. The summed E-state index contributed by atoms with van der Waals surface area (Å²) in [5.74, 6) is 0.600. The molecule has 1 N–H and O–H groups in total. The number of rotatable bonds is 6. The van der Waals surface area contributed by atoms with Crippen molar-refractivity contribution in [3.63, 3.8) is 0 Å². The summed E-state index contributed by atoms with van der Waals surface area (Å²) >= 11 is 0. The molecule has 1 aromatic rings. The van der Waals surface area contributed by atoms with Crippen molar-refractivity contribution < 1.29 is 0 Å². The molecule has 0 amide bonds. The van der Waals surface area contributed by atoms with E-state index in [0.29, 0.717) is 12.0 Å². The van der Waals surface area contributed by atoms with Gasteiger partial charge in [-0.3, -0.25) is 0 Å². The van der Waals surface area contributed by atoms with Gasteiger partial charge in [-0.2, -0.15) is 0 Å². The van der Waals surface area contributed by atoms with E-state index in [9.17, 15) is 0 Å². The molecule has 0 aliphatic heterocycles. The van der Waals surface area contributed by atoms with Gasteiger partial charge in [-0.1, -0.05) is 51.1 Å². The predicted octanol–water partition coefficient (Wildman–Crippen LogP) is 3.57. The molecule has 0 bridgehead atoms. The van der Waals surface area contributed by atoms with Crippen molar-refractivity contribution >= 4 is 0 Å². The zero-order valence-corrected chi connectivity index (χ0v) is 10.2. The quantitative estimate of drug-likeness (QED) is 0.748. The fourth-order valence-corrected chi connectivity index (χ4v) is 1.99. The van der Waals surface area contributed by atoms with E-state index < -0.39 is 0 Å². The van der Waals surface area contributed by atoms with Gasteiger partial charge < -0.3 is 5.32 Å².